The van der Waals surface area contributed by atoms with E-state index >= 15 is 0 Å². The molecule has 0 amide bonds. The Hall–Kier alpha value is -0.760. The molecule has 0 aliphatic heterocycles. The molecule has 1 nitrogen and oxygen atoms in total. The Morgan fingerprint density at radius 1 is 0.882 bits per heavy atom. The SMILES string of the molecule is CSC(C)C(=O)c1c(C)c(C)c(C)c(C)c1C. The maximum absolute atomic E-state index is 12.4. The zero-order valence-corrected chi connectivity index (χ0v) is 12.7. The van der Waals surface area contributed by atoms with Crippen molar-refractivity contribution in [2.75, 3.05) is 6.26 Å². The van der Waals surface area contributed by atoms with Crippen molar-refractivity contribution in [3.05, 3.63) is 33.4 Å². The summed E-state index contributed by atoms with van der Waals surface area (Å²) < 4.78 is 0. The molecule has 0 aliphatic rings. The molecule has 0 spiro atoms. The van der Waals surface area contributed by atoms with Gasteiger partial charge in [-0.1, -0.05) is 0 Å². The second-order valence-electron chi connectivity index (χ2n) is 4.74. The molecule has 17 heavy (non-hydrogen) atoms. The van der Waals surface area contributed by atoms with Gasteiger partial charge in [0.25, 0.3) is 0 Å². The molecular weight excluding hydrogens is 228 g/mol. The van der Waals surface area contributed by atoms with Crippen molar-refractivity contribution in [3.63, 3.8) is 0 Å². The van der Waals surface area contributed by atoms with Crippen molar-refractivity contribution in [2.24, 2.45) is 0 Å². The van der Waals surface area contributed by atoms with Crippen LogP contribution < -0.4 is 0 Å². The smallest absolute Gasteiger partial charge is 0.176 e. The highest BCUT2D eigenvalue weighted by Crippen LogP contribution is 2.28. The molecule has 1 rings (SSSR count). The van der Waals surface area contributed by atoms with Crippen molar-refractivity contribution in [2.45, 2.75) is 46.8 Å². The van der Waals surface area contributed by atoms with Crippen LogP contribution >= 0.6 is 11.8 Å². The molecule has 0 saturated heterocycles. The van der Waals surface area contributed by atoms with Gasteiger partial charge in [0.2, 0.25) is 0 Å². The first kappa shape index (κ1) is 14.3. The van der Waals surface area contributed by atoms with Crippen molar-refractivity contribution in [3.8, 4) is 0 Å². The Morgan fingerprint density at radius 2 is 1.24 bits per heavy atom. The first-order valence-electron chi connectivity index (χ1n) is 5.96. The number of hydrogen-bond donors (Lipinski definition) is 0. The molecule has 0 bridgehead atoms. The Kier molecular flexibility index (Phi) is 4.42. The molecule has 1 aromatic rings. The zero-order chi connectivity index (χ0) is 13.3. The van der Waals surface area contributed by atoms with E-state index in [0.29, 0.717) is 0 Å². The largest absolute Gasteiger partial charge is 0.293 e. The topological polar surface area (TPSA) is 17.1 Å². The quantitative estimate of drug-likeness (QED) is 0.749. The lowest BCUT2D eigenvalue weighted by Gasteiger charge is -2.19. The number of rotatable bonds is 3. The van der Waals surface area contributed by atoms with Gasteiger partial charge in [0.15, 0.2) is 5.78 Å². The highest BCUT2D eigenvalue weighted by atomic mass is 32.2. The van der Waals surface area contributed by atoms with Gasteiger partial charge in [0.05, 0.1) is 5.25 Å². The summed E-state index contributed by atoms with van der Waals surface area (Å²) >= 11 is 1.61. The molecule has 0 fully saturated rings. The van der Waals surface area contributed by atoms with E-state index in [1.807, 2.05) is 13.2 Å². The van der Waals surface area contributed by atoms with Gasteiger partial charge in [0, 0.05) is 5.56 Å². The van der Waals surface area contributed by atoms with Crippen molar-refractivity contribution >= 4 is 17.5 Å². The molecule has 0 aromatic heterocycles. The van der Waals surface area contributed by atoms with Gasteiger partial charge in [-0.05, 0) is 75.6 Å². The van der Waals surface area contributed by atoms with Crippen LogP contribution in [0.3, 0.4) is 0 Å². The van der Waals surface area contributed by atoms with Crippen LogP contribution in [0, 0.1) is 34.6 Å². The van der Waals surface area contributed by atoms with Crippen molar-refractivity contribution < 1.29 is 4.79 Å². The van der Waals surface area contributed by atoms with E-state index in [0.717, 1.165) is 16.7 Å². The Bertz CT molecular complexity index is 431. The normalized spacial score (nSPS) is 12.6. The summed E-state index contributed by atoms with van der Waals surface area (Å²) in [5.41, 5.74) is 7.06. The zero-order valence-electron chi connectivity index (χ0n) is 11.9. The average molecular weight is 250 g/mol. The highest BCUT2D eigenvalue weighted by molar-refractivity contribution is 7.99. The number of Topliss-reactive ketones (excluding diaryl/α,β-unsaturated/α-hetero) is 1. The Labute approximate surface area is 109 Å². The van der Waals surface area contributed by atoms with Crippen LogP contribution in [-0.2, 0) is 0 Å². The fourth-order valence-electron chi connectivity index (χ4n) is 2.18. The lowest BCUT2D eigenvalue weighted by atomic mass is 9.87. The van der Waals surface area contributed by atoms with E-state index in [-0.39, 0.29) is 11.0 Å². The third kappa shape index (κ3) is 2.42. The fourth-order valence-corrected chi connectivity index (χ4v) is 2.51. The van der Waals surface area contributed by atoms with Gasteiger partial charge in [-0.15, -0.1) is 0 Å². The van der Waals surface area contributed by atoms with Crippen LogP contribution in [0.4, 0.5) is 0 Å². The molecule has 0 aliphatic carbocycles. The standard InChI is InChI=1S/C15H22OS/c1-8-9(2)11(4)14(12(5)10(8)3)15(16)13(6)17-7/h13H,1-7H3. The van der Waals surface area contributed by atoms with Crippen LogP contribution in [0.15, 0.2) is 0 Å². The van der Waals surface area contributed by atoms with E-state index < -0.39 is 0 Å². The molecule has 94 valence electrons. The Morgan fingerprint density at radius 3 is 1.59 bits per heavy atom. The number of thioether (sulfide) groups is 1. The minimum atomic E-state index is 0.0360. The second kappa shape index (κ2) is 5.26. The van der Waals surface area contributed by atoms with Gasteiger partial charge >= 0.3 is 0 Å². The van der Waals surface area contributed by atoms with Gasteiger partial charge in [-0.25, -0.2) is 0 Å². The first-order chi connectivity index (χ1) is 7.82. The van der Waals surface area contributed by atoms with Gasteiger partial charge in [-0.3, -0.25) is 4.79 Å². The van der Waals surface area contributed by atoms with Crippen LogP contribution in [0.1, 0.15) is 45.1 Å². The maximum atomic E-state index is 12.4. The molecule has 0 radical (unpaired) electrons. The molecule has 1 aromatic carbocycles. The van der Waals surface area contributed by atoms with Crippen LogP contribution in [-0.4, -0.2) is 17.3 Å². The molecule has 0 saturated carbocycles. The minimum Gasteiger partial charge on any atom is -0.293 e. The lowest BCUT2D eigenvalue weighted by molar-refractivity contribution is 0.0992. The van der Waals surface area contributed by atoms with Crippen molar-refractivity contribution in [1.82, 2.24) is 0 Å². The van der Waals surface area contributed by atoms with Gasteiger partial charge in [-0.2, -0.15) is 11.8 Å². The summed E-state index contributed by atoms with van der Waals surface area (Å²) in [6.45, 7) is 12.5. The minimum absolute atomic E-state index is 0.0360. The predicted molar refractivity (Wildman–Crippen MR) is 77.4 cm³/mol. The monoisotopic (exact) mass is 250 g/mol. The summed E-state index contributed by atoms with van der Waals surface area (Å²) in [4.78, 5) is 12.4. The fraction of sp³-hybridized carbons (Fsp3) is 0.533. The predicted octanol–water partition coefficient (Wildman–Crippen LogP) is 4.16. The number of carbonyl (C=O) groups is 1. The van der Waals surface area contributed by atoms with E-state index in [1.54, 1.807) is 11.8 Å². The molecule has 1 unspecified atom stereocenters. The van der Waals surface area contributed by atoms with Gasteiger partial charge < -0.3 is 0 Å². The van der Waals surface area contributed by atoms with E-state index in [9.17, 15) is 4.79 Å². The highest BCUT2D eigenvalue weighted by Gasteiger charge is 2.21. The van der Waals surface area contributed by atoms with Crippen molar-refractivity contribution in [1.29, 1.82) is 0 Å². The third-order valence-corrected chi connectivity index (χ3v) is 4.89. The Balaban J connectivity index is 3.50. The number of benzene rings is 1. The van der Waals surface area contributed by atoms with E-state index in [4.69, 9.17) is 0 Å². The second-order valence-corrected chi connectivity index (χ2v) is 5.92. The summed E-state index contributed by atoms with van der Waals surface area (Å²) in [6, 6.07) is 0. The summed E-state index contributed by atoms with van der Waals surface area (Å²) in [6.07, 6.45) is 1.99. The lowest BCUT2D eigenvalue weighted by Crippen LogP contribution is -2.18. The third-order valence-electron chi connectivity index (χ3n) is 3.97. The summed E-state index contributed by atoms with van der Waals surface area (Å²) in [5.74, 6) is 0.263. The summed E-state index contributed by atoms with van der Waals surface area (Å²) in [5, 5.41) is 0.0360. The van der Waals surface area contributed by atoms with Crippen LogP contribution in [0.25, 0.3) is 0 Å². The molecule has 2 heteroatoms. The number of ketones is 1. The molecule has 0 N–H and O–H groups in total. The average Bonchev–Trinajstić information content (AvgIpc) is 2.32. The summed E-state index contributed by atoms with van der Waals surface area (Å²) in [7, 11) is 0. The molecule has 1 atom stereocenters. The number of carbonyl (C=O) groups excluding carboxylic acids is 1. The first-order valence-corrected chi connectivity index (χ1v) is 7.25. The van der Waals surface area contributed by atoms with Crippen LogP contribution in [0.2, 0.25) is 0 Å². The van der Waals surface area contributed by atoms with E-state index in [1.165, 1.54) is 16.7 Å². The molecule has 0 heterocycles. The maximum Gasteiger partial charge on any atom is 0.176 e. The molecular formula is C15H22OS. The number of hydrogen-bond acceptors (Lipinski definition) is 2. The van der Waals surface area contributed by atoms with Crippen LogP contribution in [0.5, 0.6) is 0 Å². The van der Waals surface area contributed by atoms with Gasteiger partial charge in [0.1, 0.15) is 0 Å². The van der Waals surface area contributed by atoms with E-state index in [2.05, 4.69) is 34.6 Å².